The summed E-state index contributed by atoms with van der Waals surface area (Å²) in [4.78, 5) is 20.8. The van der Waals surface area contributed by atoms with Crippen LogP contribution in [0.4, 0.5) is 5.82 Å². The minimum Gasteiger partial charge on any atom is -0.414 e. The third-order valence-corrected chi connectivity index (χ3v) is 17.2. The van der Waals surface area contributed by atoms with Gasteiger partial charge in [0.1, 0.15) is 24.1 Å². The first kappa shape index (κ1) is 26.2. The normalized spacial score (nSPS) is 29.3. The molecule has 2 aliphatic heterocycles. The van der Waals surface area contributed by atoms with E-state index >= 15 is 0 Å². The van der Waals surface area contributed by atoms with E-state index in [0.717, 1.165) is 0 Å². The topological polar surface area (TPSA) is 110 Å². The molecule has 33 heavy (non-hydrogen) atoms. The lowest BCUT2D eigenvalue weighted by Gasteiger charge is -2.51. The van der Waals surface area contributed by atoms with Crippen LogP contribution in [0.25, 0.3) is 0 Å². The number of aliphatic imine (C=N–C) groups is 1. The standard InChI is InChI=1S/C22H40N4O5Si2/c1-13(2)32(14(3)4)28-12-17-20(30-33(31-32,15(5)6)16(7)8)19(24-9)21(29-17)26-11-10-18(23)25-22(26)27/h10-11,13-17,19-21H,9,12H2,1-8H3,(H2,23,25,27)/t17-,19+,20-,21-/m1/s1. The van der Waals surface area contributed by atoms with Gasteiger partial charge in [0, 0.05) is 6.20 Å². The maximum Gasteiger partial charge on any atom is 0.351 e. The van der Waals surface area contributed by atoms with Gasteiger partial charge in [-0.15, -0.1) is 0 Å². The summed E-state index contributed by atoms with van der Waals surface area (Å²) in [6.45, 7) is 21.5. The molecular weight excluding hydrogens is 456 g/mol. The number of fused-ring (bicyclic) bond motifs is 1. The second kappa shape index (κ2) is 9.70. The predicted molar refractivity (Wildman–Crippen MR) is 134 cm³/mol. The van der Waals surface area contributed by atoms with Crippen LogP contribution < -0.4 is 11.4 Å². The average molecular weight is 497 g/mol. The van der Waals surface area contributed by atoms with E-state index in [4.69, 9.17) is 23.4 Å². The van der Waals surface area contributed by atoms with Crippen molar-refractivity contribution in [1.29, 1.82) is 0 Å². The summed E-state index contributed by atoms with van der Waals surface area (Å²) >= 11 is 0. The molecule has 0 bridgehead atoms. The van der Waals surface area contributed by atoms with E-state index in [1.807, 2.05) is 0 Å². The molecule has 0 radical (unpaired) electrons. The van der Waals surface area contributed by atoms with Crippen molar-refractivity contribution >= 4 is 29.7 Å². The first-order valence-electron chi connectivity index (χ1n) is 11.9. The molecule has 3 heterocycles. The quantitative estimate of drug-likeness (QED) is 0.472. The van der Waals surface area contributed by atoms with Crippen molar-refractivity contribution in [2.24, 2.45) is 4.99 Å². The van der Waals surface area contributed by atoms with Crippen molar-refractivity contribution in [1.82, 2.24) is 9.55 Å². The highest BCUT2D eigenvalue weighted by molar-refractivity contribution is 6.83. The van der Waals surface area contributed by atoms with Gasteiger partial charge in [0.2, 0.25) is 0 Å². The molecule has 11 heteroatoms. The van der Waals surface area contributed by atoms with Crippen LogP contribution in [0.5, 0.6) is 0 Å². The maximum atomic E-state index is 12.6. The molecule has 0 saturated carbocycles. The second-order valence-corrected chi connectivity index (χ2v) is 19.2. The van der Waals surface area contributed by atoms with Crippen molar-refractivity contribution in [3.63, 3.8) is 0 Å². The first-order valence-corrected chi connectivity index (χ1v) is 15.8. The number of nitrogens with zero attached hydrogens (tertiary/aromatic N) is 3. The zero-order valence-corrected chi connectivity index (χ0v) is 23.1. The minimum atomic E-state index is -2.83. The van der Waals surface area contributed by atoms with Crippen LogP contribution in [-0.2, 0) is 17.7 Å². The Balaban J connectivity index is 2.12. The van der Waals surface area contributed by atoms with Crippen LogP contribution in [0.3, 0.4) is 0 Å². The summed E-state index contributed by atoms with van der Waals surface area (Å²) in [7, 11) is -5.51. The van der Waals surface area contributed by atoms with Crippen molar-refractivity contribution in [2.45, 2.75) is 102 Å². The fourth-order valence-electron chi connectivity index (χ4n) is 5.18. The van der Waals surface area contributed by atoms with E-state index < -0.39 is 47.3 Å². The van der Waals surface area contributed by atoms with Crippen LogP contribution >= 0.6 is 0 Å². The zero-order chi connectivity index (χ0) is 24.7. The number of nitrogens with two attached hydrogens (primary N) is 1. The first-order chi connectivity index (χ1) is 15.4. The molecular formula is C22H40N4O5Si2. The number of nitrogen functional groups attached to an aromatic ring is 1. The molecule has 2 N–H and O–H groups in total. The molecule has 2 fully saturated rings. The Kier molecular flexibility index (Phi) is 7.71. The fourth-order valence-corrected chi connectivity index (χ4v) is 16.4. The van der Waals surface area contributed by atoms with E-state index in [1.54, 1.807) is 12.3 Å². The number of ether oxygens (including phenoxy) is 1. The third kappa shape index (κ3) is 4.51. The Morgan fingerprint density at radius 2 is 1.67 bits per heavy atom. The summed E-state index contributed by atoms with van der Waals surface area (Å²) in [5.74, 6) is 0.159. The van der Waals surface area contributed by atoms with Crippen molar-refractivity contribution < 1.29 is 17.7 Å². The molecule has 1 aromatic heterocycles. The molecule has 2 aliphatic rings. The lowest BCUT2D eigenvalue weighted by atomic mass is 10.1. The lowest BCUT2D eigenvalue weighted by molar-refractivity contribution is -0.0567. The minimum absolute atomic E-state index is 0.159. The van der Waals surface area contributed by atoms with Gasteiger partial charge in [-0.25, -0.2) is 4.79 Å². The molecule has 0 aliphatic carbocycles. The lowest BCUT2D eigenvalue weighted by Crippen LogP contribution is -2.65. The van der Waals surface area contributed by atoms with Crippen molar-refractivity contribution in [3.8, 4) is 0 Å². The van der Waals surface area contributed by atoms with Crippen LogP contribution in [-0.4, -0.2) is 58.2 Å². The number of hydrogen-bond donors (Lipinski definition) is 1. The fraction of sp³-hybridized carbons (Fsp3) is 0.773. The molecule has 0 unspecified atom stereocenters. The Bertz CT molecular complexity index is 891. The van der Waals surface area contributed by atoms with E-state index in [0.29, 0.717) is 6.61 Å². The van der Waals surface area contributed by atoms with Gasteiger partial charge in [0.15, 0.2) is 6.23 Å². The Hall–Kier alpha value is -1.38. The van der Waals surface area contributed by atoms with Gasteiger partial charge >= 0.3 is 22.8 Å². The van der Waals surface area contributed by atoms with Crippen molar-refractivity contribution in [3.05, 3.63) is 22.7 Å². The molecule has 0 aromatic carbocycles. The second-order valence-electron chi connectivity index (χ2n) is 10.3. The van der Waals surface area contributed by atoms with Gasteiger partial charge in [-0.1, -0.05) is 55.4 Å². The van der Waals surface area contributed by atoms with Crippen LogP contribution in [0.1, 0.15) is 61.6 Å². The van der Waals surface area contributed by atoms with E-state index in [-0.39, 0.29) is 28.0 Å². The Morgan fingerprint density at radius 3 is 2.15 bits per heavy atom. The largest absolute Gasteiger partial charge is 0.414 e. The molecule has 1 aromatic rings. The zero-order valence-electron chi connectivity index (χ0n) is 21.1. The summed E-state index contributed by atoms with van der Waals surface area (Å²) in [6.07, 6.45) is 0.0215. The van der Waals surface area contributed by atoms with Crippen LogP contribution in [0, 0.1) is 0 Å². The third-order valence-electron chi connectivity index (χ3n) is 6.98. The van der Waals surface area contributed by atoms with Gasteiger partial charge < -0.3 is 23.4 Å². The summed E-state index contributed by atoms with van der Waals surface area (Å²) in [5.41, 5.74) is 6.01. The van der Waals surface area contributed by atoms with Crippen molar-refractivity contribution in [2.75, 3.05) is 12.3 Å². The van der Waals surface area contributed by atoms with Gasteiger partial charge in [-0.2, -0.15) is 4.98 Å². The van der Waals surface area contributed by atoms with Crippen LogP contribution in [0.15, 0.2) is 22.1 Å². The maximum absolute atomic E-state index is 12.6. The average Bonchev–Trinajstić information content (AvgIpc) is 3.03. The predicted octanol–water partition coefficient (Wildman–Crippen LogP) is 3.75. The molecule has 0 amide bonds. The summed E-state index contributed by atoms with van der Waals surface area (Å²) in [6, 6.07) is 1.06. The van der Waals surface area contributed by atoms with Gasteiger partial charge in [-0.3, -0.25) is 9.56 Å². The van der Waals surface area contributed by atoms with Gasteiger partial charge in [0.25, 0.3) is 0 Å². The molecule has 9 nitrogen and oxygen atoms in total. The highest BCUT2D eigenvalue weighted by atomic mass is 28.5. The van der Waals surface area contributed by atoms with E-state index in [9.17, 15) is 4.79 Å². The van der Waals surface area contributed by atoms with Gasteiger partial charge in [-0.05, 0) is 34.9 Å². The monoisotopic (exact) mass is 496 g/mol. The number of anilines is 1. The number of rotatable bonds is 6. The Labute approximate surface area is 199 Å². The van der Waals surface area contributed by atoms with E-state index in [1.165, 1.54) is 4.57 Å². The summed E-state index contributed by atoms with van der Waals surface area (Å²) in [5, 5.41) is 0. The molecule has 4 atom stereocenters. The molecule has 0 spiro atoms. The number of aromatic nitrogens is 2. The Morgan fingerprint density at radius 1 is 1.09 bits per heavy atom. The molecule has 3 rings (SSSR count). The van der Waals surface area contributed by atoms with Gasteiger partial charge in [0.05, 0.1) is 6.61 Å². The van der Waals surface area contributed by atoms with E-state index in [2.05, 4.69) is 72.1 Å². The SMILES string of the molecule is C=N[C@H]1[C@@H]2O[Si](C(C)C)(C(C)C)O[Si](C(C)C)(C(C)C)OC[C@H]2O[C@H]1n1ccc(N)nc1=O. The summed E-state index contributed by atoms with van der Waals surface area (Å²) < 4.78 is 28.8. The highest BCUT2D eigenvalue weighted by Crippen LogP contribution is 2.48. The molecule has 2 saturated heterocycles. The molecule has 186 valence electrons. The number of hydrogen-bond acceptors (Lipinski definition) is 8. The smallest absolute Gasteiger partial charge is 0.351 e. The van der Waals surface area contributed by atoms with Crippen LogP contribution in [0.2, 0.25) is 22.2 Å². The highest BCUT2D eigenvalue weighted by Gasteiger charge is 2.61.